The van der Waals surface area contributed by atoms with Crippen LogP contribution in [0, 0.1) is 11.6 Å². The Labute approximate surface area is 239 Å². The van der Waals surface area contributed by atoms with Gasteiger partial charge in [0.15, 0.2) is 5.82 Å². The lowest BCUT2D eigenvalue weighted by molar-refractivity contribution is -0.144. The van der Waals surface area contributed by atoms with E-state index in [1.165, 1.54) is 23.1 Å². The third-order valence-corrected chi connectivity index (χ3v) is 7.87. The van der Waals surface area contributed by atoms with Gasteiger partial charge in [-0.3, -0.25) is 9.59 Å². The maximum Gasteiger partial charge on any atom is 0.293 e. The van der Waals surface area contributed by atoms with E-state index in [0.29, 0.717) is 43.9 Å². The molecule has 1 saturated heterocycles. The Balaban J connectivity index is 1.68. The van der Waals surface area contributed by atoms with Crippen LogP contribution in [0.4, 0.5) is 14.5 Å². The lowest BCUT2D eigenvalue weighted by Crippen LogP contribution is -2.42. The Hall–Kier alpha value is -3.43. The van der Waals surface area contributed by atoms with E-state index in [9.17, 15) is 14.0 Å². The fourth-order valence-corrected chi connectivity index (χ4v) is 5.38. The molecule has 2 aromatic carbocycles. The van der Waals surface area contributed by atoms with E-state index in [2.05, 4.69) is 23.8 Å². The van der Waals surface area contributed by atoms with Gasteiger partial charge in [-0.05, 0) is 62.4 Å². The SMILES string of the molecule is C=C(NC(=C)C1(c2ccc(F)cc2)CCOCC1)C(=O)N(C)CCC[C@@](C)(OC=O)c1c(NC)ccc(Cl)c1F. The van der Waals surface area contributed by atoms with Gasteiger partial charge in [0, 0.05) is 50.7 Å². The molecule has 0 bridgehead atoms. The van der Waals surface area contributed by atoms with Gasteiger partial charge in [0.25, 0.3) is 12.4 Å². The number of nitrogens with one attached hydrogen (secondary N) is 2. The van der Waals surface area contributed by atoms with Gasteiger partial charge >= 0.3 is 0 Å². The highest BCUT2D eigenvalue weighted by Gasteiger charge is 2.38. The highest BCUT2D eigenvalue weighted by Crippen LogP contribution is 2.41. The molecule has 7 nitrogen and oxygen atoms in total. The van der Waals surface area contributed by atoms with Crippen LogP contribution in [0.25, 0.3) is 0 Å². The first-order valence-corrected chi connectivity index (χ1v) is 13.4. The van der Waals surface area contributed by atoms with Gasteiger partial charge in [0.1, 0.15) is 11.4 Å². The second-order valence-electron chi connectivity index (χ2n) is 10.1. The van der Waals surface area contributed by atoms with Gasteiger partial charge in [-0.25, -0.2) is 8.78 Å². The standard InChI is InChI=1S/C30H36ClF2N3O4/c1-20(35-21(2)30(14-17-39-18-15-30)22-7-9-23(32)10-8-22)28(38)36(5)16-6-13-29(3,40-19-37)26-25(34-4)12-11-24(31)27(26)33/h7-12,19,34-35H,1-2,6,13-18H2,3-5H3/t29-/m1/s1. The van der Waals surface area contributed by atoms with Crippen molar-refractivity contribution in [2.45, 2.75) is 43.6 Å². The van der Waals surface area contributed by atoms with Gasteiger partial charge in [-0.2, -0.15) is 0 Å². The van der Waals surface area contributed by atoms with E-state index in [-0.39, 0.29) is 47.4 Å². The minimum absolute atomic E-state index is 0.0902. The molecule has 216 valence electrons. The number of nitrogens with zero attached hydrogens (tertiary/aromatic N) is 1. The van der Waals surface area contributed by atoms with Crippen LogP contribution >= 0.6 is 11.6 Å². The van der Waals surface area contributed by atoms with Crippen LogP contribution in [0.2, 0.25) is 5.02 Å². The largest absolute Gasteiger partial charge is 0.456 e. The van der Waals surface area contributed by atoms with E-state index < -0.39 is 16.8 Å². The van der Waals surface area contributed by atoms with E-state index >= 15 is 4.39 Å². The molecule has 0 unspecified atom stereocenters. The van der Waals surface area contributed by atoms with Crippen LogP contribution in [0.5, 0.6) is 0 Å². The number of halogens is 3. The molecule has 0 aliphatic carbocycles. The van der Waals surface area contributed by atoms with Crippen molar-refractivity contribution >= 4 is 29.7 Å². The van der Waals surface area contributed by atoms with Gasteiger partial charge < -0.3 is 25.0 Å². The average Bonchev–Trinajstić information content (AvgIpc) is 2.94. The minimum atomic E-state index is -1.33. The average molecular weight is 576 g/mol. The van der Waals surface area contributed by atoms with Crippen molar-refractivity contribution < 1.29 is 27.8 Å². The molecule has 1 heterocycles. The monoisotopic (exact) mass is 575 g/mol. The number of hydrogen-bond acceptors (Lipinski definition) is 6. The normalized spacial score (nSPS) is 15.8. The summed E-state index contributed by atoms with van der Waals surface area (Å²) in [7, 11) is 3.26. The maximum absolute atomic E-state index is 15.0. The second kappa shape index (κ2) is 13.3. The van der Waals surface area contributed by atoms with Crippen molar-refractivity contribution in [3.8, 4) is 0 Å². The van der Waals surface area contributed by atoms with Crippen LogP contribution in [0.1, 0.15) is 43.7 Å². The third-order valence-electron chi connectivity index (χ3n) is 7.58. The number of rotatable bonds is 13. The lowest BCUT2D eigenvalue weighted by Gasteiger charge is -2.40. The van der Waals surface area contributed by atoms with Crippen molar-refractivity contribution in [2.24, 2.45) is 0 Å². The van der Waals surface area contributed by atoms with Crippen LogP contribution in [0.15, 0.2) is 61.0 Å². The zero-order valence-electron chi connectivity index (χ0n) is 23.1. The van der Waals surface area contributed by atoms with Crippen LogP contribution in [-0.2, 0) is 30.1 Å². The van der Waals surface area contributed by atoms with Crippen molar-refractivity contribution in [3.05, 3.63) is 88.7 Å². The van der Waals surface area contributed by atoms with Gasteiger partial charge in [0.05, 0.1) is 16.3 Å². The summed E-state index contributed by atoms with van der Waals surface area (Å²) < 4.78 is 39.6. The van der Waals surface area contributed by atoms with E-state index in [0.717, 1.165) is 5.56 Å². The summed E-state index contributed by atoms with van der Waals surface area (Å²) in [5.41, 5.74) is 0.291. The summed E-state index contributed by atoms with van der Waals surface area (Å²) in [6.45, 7) is 11.3. The lowest BCUT2D eigenvalue weighted by atomic mass is 9.72. The summed E-state index contributed by atoms with van der Waals surface area (Å²) in [6.07, 6.45) is 1.83. The summed E-state index contributed by atoms with van der Waals surface area (Å²) >= 11 is 6.02. The summed E-state index contributed by atoms with van der Waals surface area (Å²) in [5.74, 6) is -1.37. The maximum atomic E-state index is 15.0. The summed E-state index contributed by atoms with van der Waals surface area (Å²) in [5, 5.41) is 5.91. The van der Waals surface area contributed by atoms with E-state index in [4.69, 9.17) is 21.1 Å². The molecule has 1 fully saturated rings. The number of likely N-dealkylation sites (N-methyl/N-ethyl adjacent to an activating group) is 1. The highest BCUT2D eigenvalue weighted by atomic mass is 35.5. The molecule has 3 rings (SSSR count). The molecule has 40 heavy (non-hydrogen) atoms. The quantitative estimate of drug-likeness (QED) is 0.237. The predicted octanol–water partition coefficient (Wildman–Crippen LogP) is 5.65. The molecular formula is C30H36ClF2N3O4. The molecule has 10 heteroatoms. The second-order valence-corrected chi connectivity index (χ2v) is 10.5. The van der Waals surface area contributed by atoms with Crippen LogP contribution in [-0.4, -0.2) is 51.1 Å². The van der Waals surface area contributed by atoms with Gasteiger partial charge in [0.2, 0.25) is 0 Å². The number of allylic oxidation sites excluding steroid dienone is 1. The molecule has 1 atom stereocenters. The van der Waals surface area contributed by atoms with Gasteiger partial charge in [-0.1, -0.05) is 36.9 Å². The molecule has 0 aromatic heterocycles. The number of carbonyl (C=O) groups excluding carboxylic acids is 2. The number of amides is 1. The number of carbonyl (C=O) groups is 2. The molecule has 2 aromatic rings. The van der Waals surface area contributed by atoms with Gasteiger partial charge in [-0.15, -0.1) is 0 Å². The summed E-state index contributed by atoms with van der Waals surface area (Å²) in [6, 6.07) is 9.31. The smallest absolute Gasteiger partial charge is 0.293 e. The molecule has 0 spiro atoms. The Kier molecular flexibility index (Phi) is 10.3. The molecule has 2 N–H and O–H groups in total. The van der Waals surface area contributed by atoms with Crippen LogP contribution in [0.3, 0.4) is 0 Å². The first kappa shape index (κ1) is 31.1. The fourth-order valence-electron chi connectivity index (χ4n) is 5.22. The molecule has 0 saturated carbocycles. The first-order valence-electron chi connectivity index (χ1n) is 13.0. The topological polar surface area (TPSA) is 79.9 Å². The van der Waals surface area contributed by atoms with Crippen molar-refractivity contribution in [1.29, 1.82) is 0 Å². The van der Waals surface area contributed by atoms with E-state index in [1.807, 2.05) is 0 Å². The zero-order chi connectivity index (χ0) is 29.5. The summed E-state index contributed by atoms with van der Waals surface area (Å²) in [4.78, 5) is 26.0. The number of anilines is 1. The molecular weight excluding hydrogens is 540 g/mol. The Morgan fingerprint density at radius 3 is 2.45 bits per heavy atom. The number of benzene rings is 2. The molecule has 1 aliphatic heterocycles. The Morgan fingerprint density at radius 2 is 1.85 bits per heavy atom. The third kappa shape index (κ3) is 6.64. The number of ether oxygens (including phenoxy) is 2. The Bertz CT molecular complexity index is 1250. The Morgan fingerprint density at radius 1 is 1.20 bits per heavy atom. The van der Waals surface area contributed by atoms with E-state index in [1.54, 1.807) is 39.2 Å². The number of hydrogen-bond donors (Lipinski definition) is 2. The molecule has 1 aliphatic rings. The fraction of sp³-hybridized carbons (Fsp3) is 0.400. The highest BCUT2D eigenvalue weighted by molar-refractivity contribution is 6.30. The van der Waals surface area contributed by atoms with Crippen LogP contribution < -0.4 is 10.6 Å². The van der Waals surface area contributed by atoms with Crippen molar-refractivity contribution in [2.75, 3.05) is 39.2 Å². The zero-order valence-corrected chi connectivity index (χ0v) is 23.9. The molecule has 1 amide bonds. The predicted molar refractivity (Wildman–Crippen MR) is 152 cm³/mol. The molecule has 0 radical (unpaired) electrons. The van der Waals surface area contributed by atoms with Crippen molar-refractivity contribution in [1.82, 2.24) is 10.2 Å². The minimum Gasteiger partial charge on any atom is -0.456 e. The first-order chi connectivity index (χ1) is 19.0. The van der Waals surface area contributed by atoms with Crippen molar-refractivity contribution in [3.63, 3.8) is 0 Å².